The van der Waals surface area contributed by atoms with Crippen LogP contribution >= 0.6 is 0 Å². The Kier molecular flexibility index (Phi) is 4.13. The number of rotatable bonds is 5. The van der Waals surface area contributed by atoms with E-state index in [9.17, 15) is 9.90 Å². The number of hydrogen-bond donors (Lipinski definition) is 1. The highest BCUT2D eigenvalue weighted by Crippen LogP contribution is 2.25. The van der Waals surface area contributed by atoms with E-state index in [1.54, 1.807) is 48.7 Å². The number of carboxylic acids is 1. The molecule has 0 aliphatic heterocycles. The topological polar surface area (TPSA) is 59.4 Å². The van der Waals surface area contributed by atoms with Crippen LogP contribution in [0.3, 0.4) is 0 Å². The molecule has 0 aliphatic carbocycles. The summed E-state index contributed by atoms with van der Waals surface area (Å²) >= 11 is 0. The van der Waals surface area contributed by atoms with Gasteiger partial charge < -0.3 is 9.84 Å². The largest absolute Gasteiger partial charge is 0.494 e. The first kappa shape index (κ1) is 13.1. The van der Waals surface area contributed by atoms with E-state index in [1.807, 2.05) is 6.92 Å². The SMILES string of the molecule is CCOc1ccc(C(C(=O)O)c2ccccn2)cc1. The quantitative estimate of drug-likeness (QED) is 0.894. The van der Waals surface area contributed by atoms with Crippen LogP contribution in [0.1, 0.15) is 24.1 Å². The molecule has 0 fully saturated rings. The summed E-state index contributed by atoms with van der Waals surface area (Å²) in [6.45, 7) is 2.49. The highest BCUT2D eigenvalue weighted by Gasteiger charge is 2.23. The standard InChI is InChI=1S/C15H15NO3/c1-2-19-12-8-6-11(7-9-12)14(15(17)18)13-5-3-4-10-16-13/h3-10,14H,2H2,1H3,(H,17,18). The molecular formula is C15H15NO3. The molecule has 1 heterocycles. The minimum atomic E-state index is -0.914. The third-order valence-electron chi connectivity index (χ3n) is 2.75. The van der Waals surface area contributed by atoms with Crippen LogP contribution in [0, 0.1) is 0 Å². The van der Waals surface area contributed by atoms with Crippen LogP contribution in [0.5, 0.6) is 5.75 Å². The van der Waals surface area contributed by atoms with Crippen molar-refractivity contribution in [2.24, 2.45) is 0 Å². The molecular weight excluding hydrogens is 242 g/mol. The molecule has 2 rings (SSSR count). The average Bonchev–Trinajstić information content (AvgIpc) is 2.42. The molecule has 1 N–H and O–H groups in total. The Bertz CT molecular complexity index is 537. The molecule has 4 heteroatoms. The van der Waals surface area contributed by atoms with Crippen LogP contribution in [-0.2, 0) is 4.79 Å². The number of hydrogen-bond acceptors (Lipinski definition) is 3. The second-order valence-electron chi connectivity index (χ2n) is 4.03. The fourth-order valence-electron chi connectivity index (χ4n) is 1.91. The van der Waals surface area contributed by atoms with Crippen molar-refractivity contribution >= 4 is 5.97 Å². The van der Waals surface area contributed by atoms with Gasteiger partial charge in [0.15, 0.2) is 0 Å². The smallest absolute Gasteiger partial charge is 0.317 e. The van der Waals surface area contributed by atoms with E-state index >= 15 is 0 Å². The molecule has 0 radical (unpaired) electrons. The van der Waals surface area contributed by atoms with Crippen molar-refractivity contribution < 1.29 is 14.6 Å². The molecule has 19 heavy (non-hydrogen) atoms. The summed E-state index contributed by atoms with van der Waals surface area (Å²) in [4.78, 5) is 15.6. The average molecular weight is 257 g/mol. The van der Waals surface area contributed by atoms with Crippen molar-refractivity contribution in [2.75, 3.05) is 6.61 Å². The zero-order valence-corrected chi connectivity index (χ0v) is 10.6. The molecule has 0 amide bonds. The minimum absolute atomic E-state index is 0.527. The Morgan fingerprint density at radius 2 is 2.00 bits per heavy atom. The van der Waals surface area contributed by atoms with Crippen molar-refractivity contribution in [1.82, 2.24) is 4.98 Å². The van der Waals surface area contributed by atoms with Gasteiger partial charge in [0.1, 0.15) is 11.7 Å². The summed E-state index contributed by atoms with van der Waals surface area (Å²) in [5, 5.41) is 9.38. The number of aliphatic carboxylic acids is 1. The second kappa shape index (κ2) is 6.00. The summed E-state index contributed by atoms with van der Waals surface area (Å²) in [6.07, 6.45) is 1.60. The highest BCUT2D eigenvalue weighted by atomic mass is 16.5. The molecule has 1 unspecified atom stereocenters. The van der Waals surface area contributed by atoms with E-state index < -0.39 is 11.9 Å². The van der Waals surface area contributed by atoms with Gasteiger partial charge in [0, 0.05) is 6.20 Å². The van der Waals surface area contributed by atoms with Gasteiger partial charge in [0.25, 0.3) is 0 Å². The predicted molar refractivity (Wildman–Crippen MR) is 71.3 cm³/mol. The number of carboxylic acid groups (broad SMARTS) is 1. The molecule has 1 atom stereocenters. The Hall–Kier alpha value is -2.36. The second-order valence-corrected chi connectivity index (χ2v) is 4.03. The molecule has 0 aliphatic rings. The van der Waals surface area contributed by atoms with Gasteiger partial charge in [-0.15, -0.1) is 0 Å². The number of aromatic nitrogens is 1. The molecule has 1 aromatic carbocycles. The fraction of sp³-hybridized carbons (Fsp3) is 0.200. The maximum atomic E-state index is 11.4. The zero-order chi connectivity index (χ0) is 13.7. The summed E-state index contributed by atoms with van der Waals surface area (Å²) in [7, 11) is 0. The number of pyridine rings is 1. The van der Waals surface area contributed by atoms with E-state index in [1.165, 1.54) is 0 Å². The number of benzene rings is 1. The van der Waals surface area contributed by atoms with Crippen LogP contribution in [0.2, 0.25) is 0 Å². The van der Waals surface area contributed by atoms with Crippen molar-refractivity contribution in [3.63, 3.8) is 0 Å². The van der Waals surface area contributed by atoms with Gasteiger partial charge in [0.05, 0.1) is 12.3 Å². The monoisotopic (exact) mass is 257 g/mol. The van der Waals surface area contributed by atoms with Crippen molar-refractivity contribution in [2.45, 2.75) is 12.8 Å². The Morgan fingerprint density at radius 3 is 2.53 bits per heavy atom. The summed E-state index contributed by atoms with van der Waals surface area (Å²) in [5.74, 6) is -0.934. The number of nitrogens with zero attached hydrogens (tertiary/aromatic N) is 1. The third kappa shape index (κ3) is 3.10. The van der Waals surface area contributed by atoms with Crippen molar-refractivity contribution in [3.05, 3.63) is 59.9 Å². The molecule has 2 aromatic rings. The van der Waals surface area contributed by atoms with Gasteiger partial charge in [-0.3, -0.25) is 9.78 Å². The zero-order valence-electron chi connectivity index (χ0n) is 10.6. The van der Waals surface area contributed by atoms with Crippen LogP contribution in [0.25, 0.3) is 0 Å². The Labute approximate surface area is 111 Å². The lowest BCUT2D eigenvalue weighted by atomic mass is 9.95. The fourth-order valence-corrected chi connectivity index (χ4v) is 1.91. The molecule has 0 bridgehead atoms. The maximum absolute atomic E-state index is 11.4. The lowest BCUT2D eigenvalue weighted by Gasteiger charge is -2.12. The molecule has 98 valence electrons. The van der Waals surface area contributed by atoms with E-state index in [0.717, 1.165) is 5.75 Å². The van der Waals surface area contributed by atoms with E-state index in [-0.39, 0.29) is 0 Å². The lowest BCUT2D eigenvalue weighted by Crippen LogP contribution is -2.14. The van der Waals surface area contributed by atoms with Crippen molar-refractivity contribution in [1.29, 1.82) is 0 Å². The van der Waals surface area contributed by atoms with E-state index in [4.69, 9.17) is 4.74 Å². The van der Waals surface area contributed by atoms with Crippen LogP contribution < -0.4 is 4.74 Å². The third-order valence-corrected chi connectivity index (χ3v) is 2.75. The Balaban J connectivity index is 2.32. The van der Waals surface area contributed by atoms with Gasteiger partial charge in [-0.05, 0) is 36.8 Å². The Morgan fingerprint density at radius 1 is 1.26 bits per heavy atom. The summed E-state index contributed by atoms with van der Waals surface area (Å²) in [5.41, 5.74) is 1.22. The molecule has 4 nitrogen and oxygen atoms in total. The maximum Gasteiger partial charge on any atom is 0.317 e. The predicted octanol–water partition coefficient (Wildman–Crippen LogP) is 2.70. The first-order valence-electron chi connectivity index (χ1n) is 6.09. The van der Waals surface area contributed by atoms with Crippen LogP contribution in [0.4, 0.5) is 0 Å². The molecule has 0 saturated heterocycles. The first-order valence-corrected chi connectivity index (χ1v) is 6.09. The summed E-state index contributed by atoms with van der Waals surface area (Å²) in [6, 6.07) is 12.3. The molecule has 1 aromatic heterocycles. The highest BCUT2D eigenvalue weighted by molar-refractivity contribution is 5.79. The van der Waals surface area contributed by atoms with Crippen LogP contribution in [-0.4, -0.2) is 22.7 Å². The van der Waals surface area contributed by atoms with Gasteiger partial charge in [-0.1, -0.05) is 18.2 Å². The van der Waals surface area contributed by atoms with Crippen LogP contribution in [0.15, 0.2) is 48.7 Å². The molecule has 0 saturated carbocycles. The lowest BCUT2D eigenvalue weighted by molar-refractivity contribution is -0.137. The first-order chi connectivity index (χ1) is 9.22. The minimum Gasteiger partial charge on any atom is -0.494 e. The number of carbonyl (C=O) groups is 1. The molecule has 0 spiro atoms. The summed E-state index contributed by atoms with van der Waals surface area (Å²) < 4.78 is 5.34. The number of ether oxygens (including phenoxy) is 1. The van der Waals surface area contributed by atoms with Gasteiger partial charge in [-0.2, -0.15) is 0 Å². The van der Waals surface area contributed by atoms with Gasteiger partial charge >= 0.3 is 5.97 Å². The van der Waals surface area contributed by atoms with Crippen molar-refractivity contribution in [3.8, 4) is 5.75 Å². The van der Waals surface area contributed by atoms with Gasteiger partial charge in [0.2, 0.25) is 0 Å². The van der Waals surface area contributed by atoms with E-state index in [0.29, 0.717) is 17.9 Å². The van der Waals surface area contributed by atoms with Gasteiger partial charge in [-0.25, -0.2) is 0 Å². The van der Waals surface area contributed by atoms with E-state index in [2.05, 4.69) is 4.98 Å². The normalized spacial score (nSPS) is 11.8.